The number of fused-ring (bicyclic) bond motifs is 1. The summed E-state index contributed by atoms with van der Waals surface area (Å²) in [6.07, 6.45) is 1.44. The molecule has 0 radical (unpaired) electrons. The van der Waals surface area contributed by atoms with Gasteiger partial charge in [-0.1, -0.05) is 48.0 Å². The fourth-order valence-electron chi connectivity index (χ4n) is 3.22. The standard InChI is InChI=1S/C26H20ClN3O4S/c1-16-6-2-3-7-19(16)25(32)28-15-22(31)30-29-14-17-10-12-18(13-11-17)34-26(33)24-23(27)20-8-4-5-9-21(20)35-24/h2-14H,15H2,1H3,(H,28,32)(H,30,31)/b29-14-. The third-order valence-corrected chi connectivity index (χ3v) is 6.67. The van der Waals surface area contributed by atoms with Crippen molar-refractivity contribution in [3.8, 4) is 5.75 Å². The molecule has 7 nitrogen and oxygen atoms in total. The van der Waals surface area contributed by atoms with Crippen molar-refractivity contribution in [3.05, 3.63) is 99.4 Å². The quantitative estimate of drug-likeness (QED) is 0.160. The SMILES string of the molecule is Cc1ccccc1C(=O)NCC(=O)N/N=C\c1ccc(OC(=O)c2sc3ccccc3c2Cl)cc1. The molecule has 176 valence electrons. The first-order valence-corrected chi connectivity index (χ1v) is 11.8. The van der Waals surface area contributed by atoms with Gasteiger partial charge in [-0.05, 0) is 54.4 Å². The number of carbonyl (C=O) groups is 3. The Morgan fingerprint density at radius 2 is 1.71 bits per heavy atom. The van der Waals surface area contributed by atoms with Crippen LogP contribution in [0.25, 0.3) is 10.1 Å². The van der Waals surface area contributed by atoms with Crippen LogP contribution in [-0.2, 0) is 4.79 Å². The number of nitrogens with one attached hydrogen (secondary N) is 2. The summed E-state index contributed by atoms with van der Waals surface area (Å²) in [5, 5.41) is 7.64. The van der Waals surface area contributed by atoms with E-state index < -0.39 is 11.9 Å². The highest BCUT2D eigenvalue weighted by molar-refractivity contribution is 7.21. The Morgan fingerprint density at radius 1 is 1.00 bits per heavy atom. The number of thiophene rings is 1. The Balaban J connectivity index is 1.27. The zero-order valence-corrected chi connectivity index (χ0v) is 20.2. The maximum atomic E-state index is 12.6. The van der Waals surface area contributed by atoms with E-state index >= 15 is 0 Å². The molecule has 0 aliphatic rings. The zero-order valence-electron chi connectivity index (χ0n) is 18.6. The van der Waals surface area contributed by atoms with E-state index in [1.807, 2.05) is 43.3 Å². The van der Waals surface area contributed by atoms with E-state index in [-0.39, 0.29) is 12.5 Å². The highest BCUT2D eigenvalue weighted by atomic mass is 35.5. The fourth-order valence-corrected chi connectivity index (χ4v) is 4.61. The lowest BCUT2D eigenvalue weighted by Crippen LogP contribution is -2.35. The molecule has 4 aromatic rings. The maximum absolute atomic E-state index is 12.6. The lowest BCUT2D eigenvalue weighted by atomic mass is 10.1. The van der Waals surface area contributed by atoms with Crippen LogP contribution in [-0.4, -0.2) is 30.5 Å². The lowest BCUT2D eigenvalue weighted by molar-refractivity contribution is -0.120. The van der Waals surface area contributed by atoms with E-state index in [2.05, 4.69) is 15.8 Å². The number of aryl methyl sites for hydroxylation is 1. The topological polar surface area (TPSA) is 96.9 Å². The second kappa shape index (κ2) is 10.9. The van der Waals surface area contributed by atoms with Crippen molar-refractivity contribution in [1.82, 2.24) is 10.7 Å². The molecule has 0 atom stereocenters. The third-order valence-electron chi connectivity index (χ3n) is 5.01. The van der Waals surface area contributed by atoms with Gasteiger partial charge in [0.25, 0.3) is 11.8 Å². The van der Waals surface area contributed by atoms with Crippen LogP contribution in [0.4, 0.5) is 0 Å². The van der Waals surface area contributed by atoms with E-state index in [4.69, 9.17) is 16.3 Å². The summed E-state index contributed by atoms with van der Waals surface area (Å²) >= 11 is 7.62. The molecule has 0 fully saturated rings. The molecule has 0 saturated heterocycles. The Hall–Kier alpha value is -4.01. The first-order chi connectivity index (χ1) is 16.9. The van der Waals surface area contributed by atoms with Crippen LogP contribution < -0.4 is 15.5 Å². The molecule has 2 N–H and O–H groups in total. The number of amides is 2. The van der Waals surface area contributed by atoms with Gasteiger partial charge >= 0.3 is 5.97 Å². The molecule has 0 unspecified atom stereocenters. The molecule has 0 saturated carbocycles. The van der Waals surface area contributed by atoms with Crippen molar-refractivity contribution in [1.29, 1.82) is 0 Å². The molecule has 3 aromatic carbocycles. The van der Waals surface area contributed by atoms with E-state index in [0.29, 0.717) is 26.8 Å². The Morgan fingerprint density at radius 3 is 2.46 bits per heavy atom. The van der Waals surface area contributed by atoms with Crippen LogP contribution in [0.15, 0.2) is 77.9 Å². The Labute approximate surface area is 210 Å². The number of ether oxygens (including phenoxy) is 1. The summed E-state index contributed by atoms with van der Waals surface area (Å²) in [4.78, 5) is 37.0. The Kier molecular flexibility index (Phi) is 7.54. The van der Waals surface area contributed by atoms with Crippen LogP contribution in [0.1, 0.15) is 31.2 Å². The normalized spacial score (nSPS) is 10.9. The average Bonchev–Trinajstić information content (AvgIpc) is 3.20. The number of nitrogens with zero attached hydrogens (tertiary/aromatic N) is 1. The van der Waals surface area contributed by atoms with Crippen molar-refractivity contribution in [2.45, 2.75) is 6.92 Å². The highest BCUT2D eigenvalue weighted by Crippen LogP contribution is 2.35. The van der Waals surface area contributed by atoms with Gasteiger partial charge in [0.2, 0.25) is 0 Å². The number of benzene rings is 3. The van der Waals surface area contributed by atoms with E-state index in [9.17, 15) is 14.4 Å². The molecule has 1 aromatic heterocycles. The van der Waals surface area contributed by atoms with Crippen molar-refractivity contribution in [2.24, 2.45) is 5.10 Å². The number of esters is 1. The monoisotopic (exact) mass is 505 g/mol. The molecule has 9 heteroatoms. The summed E-state index contributed by atoms with van der Waals surface area (Å²) in [6.45, 7) is 1.62. The molecule has 35 heavy (non-hydrogen) atoms. The van der Waals surface area contributed by atoms with Crippen LogP contribution >= 0.6 is 22.9 Å². The highest BCUT2D eigenvalue weighted by Gasteiger charge is 2.19. The van der Waals surface area contributed by atoms with Gasteiger partial charge in [-0.3, -0.25) is 9.59 Å². The predicted octanol–water partition coefficient (Wildman–Crippen LogP) is 4.96. The molecular formula is C26H20ClN3O4S. The van der Waals surface area contributed by atoms with Gasteiger partial charge in [0.1, 0.15) is 10.6 Å². The van der Waals surface area contributed by atoms with Gasteiger partial charge in [0.15, 0.2) is 0 Å². The van der Waals surface area contributed by atoms with Gasteiger partial charge in [-0.25, -0.2) is 10.2 Å². The minimum Gasteiger partial charge on any atom is -0.422 e. The van der Waals surface area contributed by atoms with Crippen LogP contribution in [0.2, 0.25) is 5.02 Å². The predicted molar refractivity (Wildman–Crippen MR) is 137 cm³/mol. The van der Waals surface area contributed by atoms with Crippen LogP contribution in [0.5, 0.6) is 5.75 Å². The second-order valence-electron chi connectivity index (χ2n) is 7.49. The summed E-state index contributed by atoms with van der Waals surface area (Å²) in [5.74, 6) is -0.973. The molecule has 4 rings (SSSR count). The van der Waals surface area contributed by atoms with Gasteiger partial charge in [-0.15, -0.1) is 11.3 Å². The average molecular weight is 506 g/mol. The van der Waals surface area contributed by atoms with Gasteiger partial charge in [0, 0.05) is 15.6 Å². The second-order valence-corrected chi connectivity index (χ2v) is 8.92. The molecular weight excluding hydrogens is 486 g/mol. The summed E-state index contributed by atoms with van der Waals surface area (Å²) < 4.78 is 6.35. The molecule has 0 aliphatic heterocycles. The molecule has 0 bridgehead atoms. The number of halogens is 1. The molecule has 1 heterocycles. The number of carbonyl (C=O) groups excluding carboxylic acids is 3. The van der Waals surface area contributed by atoms with Crippen molar-refractivity contribution in [3.63, 3.8) is 0 Å². The molecule has 0 spiro atoms. The van der Waals surface area contributed by atoms with Crippen LogP contribution in [0, 0.1) is 6.92 Å². The minimum atomic E-state index is -0.530. The molecule has 0 aliphatic carbocycles. The minimum absolute atomic E-state index is 0.209. The van der Waals surface area contributed by atoms with Crippen molar-refractivity contribution < 1.29 is 19.1 Å². The smallest absolute Gasteiger partial charge is 0.355 e. The van der Waals surface area contributed by atoms with E-state index in [0.717, 1.165) is 15.6 Å². The number of hydrogen-bond acceptors (Lipinski definition) is 6. The third kappa shape index (κ3) is 5.92. The lowest BCUT2D eigenvalue weighted by Gasteiger charge is -2.06. The Bertz CT molecular complexity index is 1430. The van der Waals surface area contributed by atoms with Gasteiger partial charge in [-0.2, -0.15) is 5.10 Å². The summed E-state index contributed by atoms with van der Waals surface area (Å²) in [5.41, 5.74) is 4.37. The fraction of sp³-hybridized carbons (Fsp3) is 0.0769. The zero-order chi connectivity index (χ0) is 24.8. The van der Waals surface area contributed by atoms with Crippen LogP contribution in [0.3, 0.4) is 0 Å². The van der Waals surface area contributed by atoms with Gasteiger partial charge in [0.05, 0.1) is 17.8 Å². The summed E-state index contributed by atoms with van der Waals surface area (Å²) in [7, 11) is 0. The number of hydrogen-bond donors (Lipinski definition) is 2. The van der Waals surface area contributed by atoms with E-state index in [1.165, 1.54) is 17.6 Å². The summed E-state index contributed by atoms with van der Waals surface area (Å²) in [6, 6.07) is 21.2. The van der Waals surface area contributed by atoms with E-state index in [1.54, 1.807) is 36.4 Å². The van der Waals surface area contributed by atoms with Crippen molar-refractivity contribution in [2.75, 3.05) is 6.54 Å². The first-order valence-electron chi connectivity index (χ1n) is 10.6. The van der Waals surface area contributed by atoms with Gasteiger partial charge < -0.3 is 10.1 Å². The maximum Gasteiger partial charge on any atom is 0.355 e. The number of hydrazone groups is 1. The van der Waals surface area contributed by atoms with Crippen molar-refractivity contribution >= 4 is 57.0 Å². The first kappa shape index (κ1) is 24.1. The molecule has 2 amide bonds. The number of rotatable bonds is 7. The largest absolute Gasteiger partial charge is 0.422 e.